The zero-order valence-electron chi connectivity index (χ0n) is 5.62. The molecule has 0 amide bonds. The van der Waals surface area contributed by atoms with Crippen molar-refractivity contribution < 1.29 is 5.11 Å². The molecule has 0 aliphatic rings. The van der Waals surface area contributed by atoms with Crippen molar-refractivity contribution in [2.24, 2.45) is 0 Å². The molecule has 0 saturated carbocycles. The highest BCUT2D eigenvalue weighted by Gasteiger charge is 1.89. The van der Waals surface area contributed by atoms with E-state index in [0.29, 0.717) is 6.42 Å². The Balaban J connectivity index is 2.43. The third-order valence-corrected chi connectivity index (χ3v) is 1.25. The first-order chi connectivity index (χ1) is 4.93. The maximum absolute atomic E-state index is 8.26. The van der Waals surface area contributed by atoms with E-state index in [1.165, 1.54) is 0 Å². The van der Waals surface area contributed by atoms with Gasteiger partial charge in [0.15, 0.2) is 0 Å². The first-order valence-corrected chi connectivity index (χ1v) is 3.19. The van der Waals surface area contributed by atoms with Gasteiger partial charge in [0.05, 0.1) is 0 Å². The molecule has 2 nitrogen and oxygen atoms in total. The van der Waals surface area contributed by atoms with Crippen LogP contribution in [0.4, 0.5) is 0 Å². The lowest BCUT2D eigenvalue weighted by Gasteiger charge is -1.94. The highest BCUT2D eigenvalue weighted by molar-refractivity contribution is 5.08. The molecule has 1 aromatic heterocycles. The Labute approximate surface area is 60.5 Å². The number of nitrogens with zero attached hydrogens (tertiary/aromatic N) is 1. The van der Waals surface area contributed by atoms with Crippen LogP contribution in [0.1, 0.15) is 12.0 Å². The average Bonchev–Trinajstić information content (AvgIpc) is 2.03. The lowest BCUT2D eigenvalue weighted by molar-refractivity contribution is 0.375. The van der Waals surface area contributed by atoms with Gasteiger partial charge in [-0.25, -0.2) is 0 Å². The SMILES string of the molecule is O[C]CCc1cccnc1. The minimum atomic E-state index is 0.575. The molecule has 0 bridgehead atoms. The first kappa shape index (κ1) is 7.22. The normalized spacial score (nSPS) is 9.70. The van der Waals surface area contributed by atoms with Crippen molar-refractivity contribution in [2.75, 3.05) is 0 Å². The van der Waals surface area contributed by atoms with Gasteiger partial charge in [-0.3, -0.25) is 4.98 Å². The molecule has 2 heteroatoms. The highest BCUT2D eigenvalue weighted by Crippen LogP contribution is 1.99. The van der Waals surface area contributed by atoms with Crippen LogP contribution in [0, 0.1) is 6.61 Å². The van der Waals surface area contributed by atoms with Gasteiger partial charge in [0.2, 0.25) is 0 Å². The van der Waals surface area contributed by atoms with Crippen LogP contribution in [0.15, 0.2) is 24.5 Å². The number of hydrogen-bond acceptors (Lipinski definition) is 2. The van der Waals surface area contributed by atoms with Crippen LogP contribution in [0.25, 0.3) is 0 Å². The number of aromatic nitrogens is 1. The largest absolute Gasteiger partial charge is 0.384 e. The van der Waals surface area contributed by atoms with E-state index >= 15 is 0 Å². The molecule has 0 saturated heterocycles. The molecule has 0 aromatic carbocycles. The van der Waals surface area contributed by atoms with E-state index in [2.05, 4.69) is 11.6 Å². The lowest BCUT2D eigenvalue weighted by atomic mass is 10.2. The number of pyridine rings is 1. The molecule has 0 spiro atoms. The van der Waals surface area contributed by atoms with Gasteiger partial charge in [0.1, 0.15) is 6.61 Å². The zero-order valence-corrected chi connectivity index (χ0v) is 5.62. The fourth-order valence-corrected chi connectivity index (χ4v) is 0.746. The van der Waals surface area contributed by atoms with E-state index in [1.54, 1.807) is 12.4 Å². The number of aliphatic hydroxyl groups is 1. The molecule has 2 radical (unpaired) electrons. The number of aryl methyl sites for hydroxylation is 1. The number of hydrogen-bond donors (Lipinski definition) is 1. The maximum Gasteiger partial charge on any atom is 0.128 e. The molecule has 52 valence electrons. The lowest BCUT2D eigenvalue weighted by Crippen LogP contribution is -1.85. The van der Waals surface area contributed by atoms with Crippen LogP contribution in [0.2, 0.25) is 0 Å². The molecule has 10 heavy (non-hydrogen) atoms. The highest BCUT2D eigenvalue weighted by atomic mass is 16.2. The Bertz CT molecular complexity index is 174. The average molecular weight is 135 g/mol. The van der Waals surface area contributed by atoms with E-state index in [0.717, 1.165) is 12.0 Å². The van der Waals surface area contributed by atoms with Gasteiger partial charge in [-0.2, -0.15) is 0 Å². The summed E-state index contributed by atoms with van der Waals surface area (Å²) < 4.78 is 0. The molecule has 0 aliphatic carbocycles. The number of rotatable bonds is 3. The molecular weight excluding hydrogens is 126 g/mol. The smallest absolute Gasteiger partial charge is 0.128 e. The Kier molecular flexibility index (Phi) is 2.90. The van der Waals surface area contributed by atoms with Gasteiger partial charge in [-0.1, -0.05) is 6.07 Å². The second-order valence-corrected chi connectivity index (χ2v) is 2.02. The van der Waals surface area contributed by atoms with Crippen LogP contribution < -0.4 is 0 Å². The summed E-state index contributed by atoms with van der Waals surface area (Å²) in [5.41, 5.74) is 1.13. The van der Waals surface area contributed by atoms with Gasteiger partial charge in [0, 0.05) is 12.4 Å². The summed E-state index contributed by atoms with van der Waals surface area (Å²) in [5.74, 6) is 0. The van der Waals surface area contributed by atoms with Crippen LogP contribution in [0.3, 0.4) is 0 Å². The fraction of sp³-hybridized carbons (Fsp3) is 0.250. The van der Waals surface area contributed by atoms with E-state index in [4.69, 9.17) is 5.11 Å². The molecule has 0 unspecified atom stereocenters. The van der Waals surface area contributed by atoms with E-state index < -0.39 is 0 Å². The quantitative estimate of drug-likeness (QED) is 0.680. The van der Waals surface area contributed by atoms with E-state index in [1.807, 2.05) is 12.1 Å². The van der Waals surface area contributed by atoms with Crippen molar-refractivity contribution in [2.45, 2.75) is 12.8 Å². The van der Waals surface area contributed by atoms with Crippen molar-refractivity contribution in [1.29, 1.82) is 0 Å². The topological polar surface area (TPSA) is 33.1 Å². The summed E-state index contributed by atoms with van der Waals surface area (Å²) in [6.07, 6.45) is 4.91. The summed E-state index contributed by atoms with van der Waals surface area (Å²) in [7, 11) is 0. The second kappa shape index (κ2) is 4.01. The number of aliphatic hydroxyl groups excluding tert-OH is 1. The van der Waals surface area contributed by atoms with Crippen molar-refractivity contribution in [1.82, 2.24) is 4.98 Å². The standard InChI is InChI=1S/C8H9NO/c10-6-2-4-8-3-1-5-9-7-8/h1,3,5,7,10H,2,4H2. The summed E-state index contributed by atoms with van der Waals surface area (Å²) >= 11 is 0. The summed E-state index contributed by atoms with van der Waals surface area (Å²) in [5, 5.41) is 8.26. The zero-order chi connectivity index (χ0) is 7.23. The first-order valence-electron chi connectivity index (χ1n) is 3.19. The molecule has 0 aliphatic heterocycles. The summed E-state index contributed by atoms with van der Waals surface area (Å²) in [4.78, 5) is 3.93. The van der Waals surface area contributed by atoms with Crippen molar-refractivity contribution in [3.8, 4) is 0 Å². The van der Waals surface area contributed by atoms with Crippen LogP contribution in [0.5, 0.6) is 0 Å². The Morgan fingerprint density at radius 3 is 3.10 bits per heavy atom. The third-order valence-electron chi connectivity index (χ3n) is 1.25. The molecule has 1 rings (SSSR count). The molecule has 1 heterocycles. The molecule has 1 aromatic rings. The van der Waals surface area contributed by atoms with Crippen LogP contribution in [-0.4, -0.2) is 10.1 Å². The molecule has 0 fully saturated rings. The van der Waals surface area contributed by atoms with Gasteiger partial charge in [0.25, 0.3) is 0 Å². The Morgan fingerprint density at radius 2 is 2.50 bits per heavy atom. The summed E-state index contributed by atoms with van der Waals surface area (Å²) in [6, 6.07) is 3.86. The Morgan fingerprint density at radius 1 is 1.60 bits per heavy atom. The fourth-order valence-electron chi connectivity index (χ4n) is 0.746. The summed E-state index contributed by atoms with van der Waals surface area (Å²) in [6.45, 7) is 2.09. The maximum atomic E-state index is 8.26. The van der Waals surface area contributed by atoms with Gasteiger partial charge < -0.3 is 5.11 Å². The van der Waals surface area contributed by atoms with Crippen molar-refractivity contribution in [3.63, 3.8) is 0 Å². The van der Waals surface area contributed by atoms with Crippen LogP contribution in [-0.2, 0) is 6.42 Å². The monoisotopic (exact) mass is 135 g/mol. The minimum absolute atomic E-state index is 0.575. The molecule has 0 atom stereocenters. The predicted molar refractivity (Wildman–Crippen MR) is 37.7 cm³/mol. The van der Waals surface area contributed by atoms with Crippen LogP contribution >= 0.6 is 0 Å². The van der Waals surface area contributed by atoms with Gasteiger partial charge in [-0.05, 0) is 24.5 Å². The molecule has 1 N–H and O–H groups in total. The minimum Gasteiger partial charge on any atom is -0.384 e. The van der Waals surface area contributed by atoms with Gasteiger partial charge >= 0.3 is 0 Å². The third kappa shape index (κ3) is 2.15. The van der Waals surface area contributed by atoms with Crippen molar-refractivity contribution >= 4 is 0 Å². The van der Waals surface area contributed by atoms with E-state index in [9.17, 15) is 0 Å². The Hall–Kier alpha value is -0.890. The second-order valence-electron chi connectivity index (χ2n) is 2.02. The van der Waals surface area contributed by atoms with Gasteiger partial charge in [-0.15, -0.1) is 0 Å². The van der Waals surface area contributed by atoms with Crippen molar-refractivity contribution in [3.05, 3.63) is 36.7 Å². The van der Waals surface area contributed by atoms with E-state index in [-0.39, 0.29) is 0 Å². The molecular formula is C8H9NO. The predicted octanol–water partition coefficient (Wildman–Crippen LogP) is 1.43.